The molecule has 146 valence electrons. The maximum Gasteiger partial charge on any atom is 0.226 e. The van der Waals surface area contributed by atoms with Gasteiger partial charge in [0, 0.05) is 18.4 Å². The van der Waals surface area contributed by atoms with Crippen molar-refractivity contribution in [3.05, 3.63) is 65.0 Å². The van der Waals surface area contributed by atoms with E-state index in [-0.39, 0.29) is 11.3 Å². The Morgan fingerprint density at radius 3 is 2.50 bits per heavy atom. The molecular formula is C22H24ClN3O2. The number of amides is 1. The third-order valence-electron chi connectivity index (χ3n) is 4.42. The number of aryl methyl sites for hydroxylation is 1. The Morgan fingerprint density at radius 2 is 1.82 bits per heavy atom. The molecule has 0 atom stereocenters. The number of aromatic nitrogens is 2. The summed E-state index contributed by atoms with van der Waals surface area (Å²) in [6, 6.07) is 15.4. The van der Waals surface area contributed by atoms with Crippen molar-refractivity contribution < 1.29 is 9.32 Å². The van der Waals surface area contributed by atoms with Gasteiger partial charge < -0.3 is 9.84 Å². The standard InChI is InChI=1S/C22H24ClN3O2/c1-22(2,3)16-13-11-15(12-14-16)21-25-20(28-26-21)10-6-9-19(27)24-18-8-5-4-7-17(18)23/h4-5,7-8,11-14H,6,9-10H2,1-3H3,(H,24,27). The molecule has 0 radical (unpaired) electrons. The number of nitrogens with one attached hydrogen (secondary N) is 1. The Labute approximate surface area is 170 Å². The SMILES string of the molecule is CC(C)(C)c1ccc(-c2noc(CCCC(=O)Nc3ccccc3Cl)n2)cc1. The van der Waals surface area contributed by atoms with Crippen molar-refractivity contribution in [2.75, 3.05) is 5.32 Å². The molecule has 0 spiro atoms. The van der Waals surface area contributed by atoms with Gasteiger partial charge in [0.2, 0.25) is 17.6 Å². The van der Waals surface area contributed by atoms with Crippen molar-refractivity contribution in [3.8, 4) is 11.4 Å². The van der Waals surface area contributed by atoms with E-state index in [1.165, 1.54) is 5.56 Å². The number of benzene rings is 2. The van der Waals surface area contributed by atoms with Gasteiger partial charge in [-0.15, -0.1) is 0 Å². The summed E-state index contributed by atoms with van der Waals surface area (Å²) < 4.78 is 5.32. The van der Waals surface area contributed by atoms with Gasteiger partial charge >= 0.3 is 0 Å². The largest absolute Gasteiger partial charge is 0.339 e. The van der Waals surface area contributed by atoms with Gasteiger partial charge in [0.05, 0.1) is 10.7 Å². The molecule has 28 heavy (non-hydrogen) atoms. The summed E-state index contributed by atoms with van der Waals surface area (Å²) in [6.07, 6.45) is 1.51. The molecule has 3 rings (SSSR count). The van der Waals surface area contributed by atoms with E-state index in [9.17, 15) is 4.79 Å². The fraction of sp³-hybridized carbons (Fsp3) is 0.318. The van der Waals surface area contributed by atoms with Crippen LogP contribution in [-0.4, -0.2) is 16.0 Å². The third-order valence-corrected chi connectivity index (χ3v) is 4.75. The molecule has 1 amide bonds. The fourth-order valence-electron chi connectivity index (χ4n) is 2.77. The number of halogens is 1. The van der Waals surface area contributed by atoms with Gasteiger partial charge in [-0.1, -0.05) is 73.9 Å². The number of rotatable bonds is 6. The van der Waals surface area contributed by atoms with E-state index >= 15 is 0 Å². The summed E-state index contributed by atoms with van der Waals surface area (Å²) >= 11 is 6.05. The van der Waals surface area contributed by atoms with E-state index in [0.717, 1.165) is 5.56 Å². The minimum absolute atomic E-state index is 0.0920. The van der Waals surface area contributed by atoms with Crippen LogP contribution in [0, 0.1) is 0 Å². The number of hydrogen-bond acceptors (Lipinski definition) is 4. The first-order chi connectivity index (χ1) is 13.3. The van der Waals surface area contributed by atoms with E-state index < -0.39 is 0 Å². The number of nitrogens with zero attached hydrogens (tertiary/aromatic N) is 2. The maximum absolute atomic E-state index is 12.1. The number of carbonyl (C=O) groups excluding carboxylic acids is 1. The number of carbonyl (C=O) groups is 1. The molecule has 5 nitrogen and oxygen atoms in total. The lowest BCUT2D eigenvalue weighted by Crippen LogP contribution is -2.11. The van der Waals surface area contributed by atoms with Gasteiger partial charge in [0.15, 0.2) is 0 Å². The van der Waals surface area contributed by atoms with Crippen LogP contribution in [0.1, 0.15) is 45.1 Å². The van der Waals surface area contributed by atoms with E-state index in [0.29, 0.717) is 41.7 Å². The zero-order valence-corrected chi connectivity index (χ0v) is 17.1. The molecular weight excluding hydrogens is 374 g/mol. The smallest absolute Gasteiger partial charge is 0.226 e. The first-order valence-corrected chi connectivity index (χ1v) is 9.68. The molecule has 0 bridgehead atoms. The molecule has 0 saturated carbocycles. The second-order valence-corrected chi connectivity index (χ2v) is 8.13. The van der Waals surface area contributed by atoms with E-state index in [2.05, 4.69) is 48.4 Å². The quantitative estimate of drug-likeness (QED) is 0.583. The summed E-state index contributed by atoms with van der Waals surface area (Å²) in [7, 11) is 0. The zero-order chi connectivity index (χ0) is 20.1. The summed E-state index contributed by atoms with van der Waals surface area (Å²) in [5.74, 6) is 1.00. The highest BCUT2D eigenvalue weighted by molar-refractivity contribution is 6.33. The lowest BCUT2D eigenvalue weighted by molar-refractivity contribution is -0.116. The number of anilines is 1. The topological polar surface area (TPSA) is 68.0 Å². The maximum atomic E-state index is 12.1. The van der Waals surface area contributed by atoms with Crippen molar-refractivity contribution in [1.29, 1.82) is 0 Å². The van der Waals surface area contributed by atoms with E-state index in [1.807, 2.05) is 24.3 Å². The summed E-state index contributed by atoms with van der Waals surface area (Å²) in [5, 5.41) is 7.38. The van der Waals surface area contributed by atoms with Crippen LogP contribution in [0.2, 0.25) is 5.02 Å². The van der Waals surface area contributed by atoms with E-state index in [4.69, 9.17) is 16.1 Å². The van der Waals surface area contributed by atoms with Crippen LogP contribution in [-0.2, 0) is 16.6 Å². The molecule has 2 aromatic carbocycles. The predicted octanol–water partition coefficient (Wildman–Crippen LogP) is 5.65. The van der Waals surface area contributed by atoms with Crippen LogP contribution in [0.4, 0.5) is 5.69 Å². The molecule has 0 fully saturated rings. The molecule has 0 aliphatic heterocycles. The van der Waals surface area contributed by atoms with Gasteiger partial charge in [-0.25, -0.2) is 0 Å². The Balaban J connectivity index is 1.52. The van der Waals surface area contributed by atoms with Crippen molar-refractivity contribution in [2.45, 2.75) is 45.4 Å². The van der Waals surface area contributed by atoms with Crippen molar-refractivity contribution >= 4 is 23.2 Å². The number of para-hydroxylation sites is 1. The van der Waals surface area contributed by atoms with Crippen LogP contribution >= 0.6 is 11.6 Å². The lowest BCUT2D eigenvalue weighted by Gasteiger charge is -2.18. The van der Waals surface area contributed by atoms with E-state index in [1.54, 1.807) is 12.1 Å². The normalized spacial score (nSPS) is 11.4. The summed E-state index contributed by atoms with van der Waals surface area (Å²) in [5.41, 5.74) is 2.89. The van der Waals surface area contributed by atoms with Crippen LogP contribution in [0.5, 0.6) is 0 Å². The van der Waals surface area contributed by atoms with Crippen LogP contribution in [0.3, 0.4) is 0 Å². The Morgan fingerprint density at radius 1 is 1.11 bits per heavy atom. The van der Waals surface area contributed by atoms with Gasteiger partial charge in [0.1, 0.15) is 0 Å². The molecule has 1 aromatic heterocycles. The van der Waals surface area contributed by atoms with Crippen LogP contribution in [0.15, 0.2) is 53.1 Å². The average Bonchev–Trinajstić information content (AvgIpc) is 3.12. The van der Waals surface area contributed by atoms with Gasteiger partial charge in [-0.3, -0.25) is 4.79 Å². The van der Waals surface area contributed by atoms with Crippen molar-refractivity contribution in [2.24, 2.45) is 0 Å². The molecule has 1 heterocycles. The van der Waals surface area contributed by atoms with Gasteiger partial charge in [0.25, 0.3) is 0 Å². The summed E-state index contributed by atoms with van der Waals surface area (Å²) in [4.78, 5) is 16.5. The van der Waals surface area contributed by atoms with Crippen LogP contribution < -0.4 is 5.32 Å². The molecule has 0 aliphatic rings. The predicted molar refractivity (Wildman–Crippen MR) is 111 cm³/mol. The molecule has 0 aliphatic carbocycles. The van der Waals surface area contributed by atoms with Crippen molar-refractivity contribution in [3.63, 3.8) is 0 Å². The molecule has 0 unspecified atom stereocenters. The summed E-state index contributed by atoms with van der Waals surface area (Å²) in [6.45, 7) is 6.53. The second kappa shape index (κ2) is 8.57. The number of hydrogen-bond donors (Lipinski definition) is 1. The third kappa shape index (κ3) is 5.20. The lowest BCUT2D eigenvalue weighted by atomic mass is 9.87. The zero-order valence-electron chi connectivity index (χ0n) is 16.3. The monoisotopic (exact) mass is 397 g/mol. The average molecular weight is 398 g/mol. The highest BCUT2D eigenvalue weighted by Gasteiger charge is 2.15. The minimum atomic E-state index is -0.0920. The minimum Gasteiger partial charge on any atom is -0.339 e. The molecule has 6 heteroatoms. The highest BCUT2D eigenvalue weighted by Crippen LogP contribution is 2.25. The second-order valence-electron chi connectivity index (χ2n) is 7.72. The van der Waals surface area contributed by atoms with Crippen molar-refractivity contribution in [1.82, 2.24) is 10.1 Å². The van der Waals surface area contributed by atoms with Gasteiger partial charge in [-0.05, 0) is 29.5 Å². The fourth-order valence-corrected chi connectivity index (χ4v) is 2.95. The molecule has 0 saturated heterocycles. The highest BCUT2D eigenvalue weighted by atomic mass is 35.5. The first kappa shape index (κ1) is 20.1. The van der Waals surface area contributed by atoms with Gasteiger partial charge in [-0.2, -0.15) is 4.98 Å². The Kier molecular flexibility index (Phi) is 6.15. The first-order valence-electron chi connectivity index (χ1n) is 9.31. The van der Waals surface area contributed by atoms with Crippen LogP contribution in [0.25, 0.3) is 11.4 Å². The molecule has 3 aromatic rings. The Hall–Kier alpha value is -2.66. The Bertz CT molecular complexity index is 943. The molecule has 1 N–H and O–H groups in total.